The number of non-ortho nitro benzene ring substituents is 1. The molecule has 0 bridgehead atoms. The van der Waals surface area contributed by atoms with Crippen molar-refractivity contribution in [3.05, 3.63) is 57.8 Å². The summed E-state index contributed by atoms with van der Waals surface area (Å²) in [5.41, 5.74) is 2.09. The summed E-state index contributed by atoms with van der Waals surface area (Å²) in [6.07, 6.45) is 0.998. The first-order chi connectivity index (χ1) is 10.8. The Labute approximate surface area is 157 Å². The fourth-order valence-corrected chi connectivity index (χ4v) is 1.92. The van der Waals surface area contributed by atoms with Gasteiger partial charge in [-0.1, -0.05) is 0 Å². The van der Waals surface area contributed by atoms with Crippen molar-refractivity contribution in [3.63, 3.8) is 0 Å². The molecule has 120 valence electrons. The predicted octanol–water partition coefficient (Wildman–Crippen LogP) is -2.14. The average Bonchev–Trinajstić information content (AvgIpc) is 2.96. The third kappa shape index (κ3) is 5.25. The molecule has 0 unspecified atom stereocenters. The molecular weight excluding hydrogens is 353 g/mol. The number of benzene rings is 1. The summed E-state index contributed by atoms with van der Waals surface area (Å²) in [6.45, 7) is 0. The van der Waals surface area contributed by atoms with Crippen LogP contribution in [0.4, 0.5) is 5.69 Å². The number of carbonyl (C=O) groups excluding carboxylic acids is 1. The fraction of sp³-hybridized carbons (Fsp3) is 0. The molecule has 2 rings (SSSR count). The molecule has 1 heterocycles. The third-order valence-corrected chi connectivity index (χ3v) is 3.26. The van der Waals surface area contributed by atoms with E-state index >= 15 is 0 Å². The second-order valence-corrected chi connectivity index (χ2v) is 5.42. The van der Waals surface area contributed by atoms with Crippen LogP contribution in [-0.2, 0) is 10.1 Å². The maximum Gasteiger partial charge on any atom is 1.00 e. The summed E-state index contributed by atoms with van der Waals surface area (Å²) < 4.78 is 36.7. The van der Waals surface area contributed by atoms with Crippen LogP contribution in [0.3, 0.4) is 0 Å². The Hall–Kier alpha value is -2.05. The van der Waals surface area contributed by atoms with Crippen molar-refractivity contribution in [2.24, 2.45) is 5.10 Å². The van der Waals surface area contributed by atoms with Crippen LogP contribution < -0.4 is 35.0 Å². The van der Waals surface area contributed by atoms with Crippen LogP contribution in [0.25, 0.3) is 0 Å². The van der Waals surface area contributed by atoms with E-state index in [1.54, 1.807) is 0 Å². The molecule has 0 spiro atoms. The van der Waals surface area contributed by atoms with E-state index in [0.717, 1.165) is 24.4 Å². The summed E-state index contributed by atoms with van der Waals surface area (Å²) in [5.74, 6) is -0.692. The van der Waals surface area contributed by atoms with Crippen LogP contribution in [-0.4, -0.2) is 30.0 Å². The molecule has 0 saturated carbocycles. The zero-order chi connectivity index (χ0) is 17.0. The molecular formula is C12H8N3NaO7S. The molecule has 1 aromatic heterocycles. The molecule has 1 aromatic carbocycles. The van der Waals surface area contributed by atoms with Gasteiger partial charge in [-0.2, -0.15) is 5.10 Å². The Kier molecular flexibility index (Phi) is 6.81. The van der Waals surface area contributed by atoms with Gasteiger partial charge in [0.05, 0.1) is 11.1 Å². The summed E-state index contributed by atoms with van der Waals surface area (Å²) in [4.78, 5) is 21.6. The number of nitro benzene ring substituents is 1. The summed E-state index contributed by atoms with van der Waals surface area (Å²) in [7, 11) is -4.70. The van der Waals surface area contributed by atoms with Gasteiger partial charge in [-0.15, -0.1) is 0 Å². The van der Waals surface area contributed by atoms with Crippen LogP contribution in [0.15, 0.2) is 51.0 Å². The van der Waals surface area contributed by atoms with Gasteiger partial charge in [0.15, 0.2) is 10.1 Å². The van der Waals surface area contributed by atoms with E-state index in [2.05, 4.69) is 10.5 Å². The largest absolute Gasteiger partial charge is 1.00 e. The van der Waals surface area contributed by atoms with Gasteiger partial charge in [-0.25, -0.2) is 13.8 Å². The molecule has 0 aliphatic heterocycles. The minimum atomic E-state index is -4.70. The van der Waals surface area contributed by atoms with E-state index < -0.39 is 26.0 Å². The van der Waals surface area contributed by atoms with Gasteiger partial charge in [0.2, 0.25) is 5.09 Å². The monoisotopic (exact) mass is 361 g/mol. The van der Waals surface area contributed by atoms with Crippen molar-refractivity contribution in [2.75, 3.05) is 0 Å². The van der Waals surface area contributed by atoms with Crippen LogP contribution in [0.5, 0.6) is 0 Å². The molecule has 2 aromatic rings. The fourth-order valence-electron chi connectivity index (χ4n) is 1.49. The first-order valence-electron chi connectivity index (χ1n) is 5.91. The average molecular weight is 361 g/mol. The van der Waals surface area contributed by atoms with Gasteiger partial charge in [0.1, 0.15) is 5.76 Å². The van der Waals surface area contributed by atoms with E-state index in [-0.39, 0.29) is 46.6 Å². The Bertz CT molecular complexity index is 874. The first kappa shape index (κ1) is 20.0. The van der Waals surface area contributed by atoms with Gasteiger partial charge in [0, 0.05) is 17.7 Å². The zero-order valence-corrected chi connectivity index (χ0v) is 15.0. The number of furan rings is 1. The quantitative estimate of drug-likeness (QED) is 0.209. The van der Waals surface area contributed by atoms with E-state index in [4.69, 9.17) is 4.42 Å². The van der Waals surface area contributed by atoms with Crippen molar-refractivity contribution < 1.29 is 56.7 Å². The van der Waals surface area contributed by atoms with Gasteiger partial charge in [0.25, 0.3) is 11.6 Å². The standard InChI is InChI=1S/C12H9N3O7S.Na/c16-12(8-1-3-9(4-2-8)15(17)18)14-13-7-10-5-6-11(22-10)23(19,20)21;/h1-7H,(H,14,16)(H,19,20,21);/q;+1/p-1. The SMILES string of the molecule is O=C(NN=Cc1ccc(S(=O)(=O)[O-])o1)c1ccc([N+](=O)[O-])cc1.[Na+]. The summed E-state index contributed by atoms with van der Waals surface area (Å²) in [5, 5.41) is 13.2. The maximum atomic E-state index is 11.7. The van der Waals surface area contributed by atoms with E-state index in [1.165, 1.54) is 18.2 Å². The number of amides is 1. The molecule has 12 heteroatoms. The molecule has 0 saturated heterocycles. The molecule has 1 amide bonds. The van der Waals surface area contributed by atoms with Gasteiger partial charge in [-0.05, 0) is 24.3 Å². The normalized spacial score (nSPS) is 11.0. The van der Waals surface area contributed by atoms with Crippen molar-refractivity contribution in [3.8, 4) is 0 Å². The van der Waals surface area contributed by atoms with Crippen molar-refractivity contribution in [1.29, 1.82) is 0 Å². The van der Waals surface area contributed by atoms with Crippen LogP contribution >= 0.6 is 0 Å². The summed E-state index contributed by atoms with van der Waals surface area (Å²) >= 11 is 0. The number of hydrogen-bond acceptors (Lipinski definition) is 8. The molecule has 0 aliphatic carbocycles. The minimum Gasteiger partial charge on any atom is -0.742 e. The topological polar surface area (TPSA) is 155 Å². The molecule has 0 radical (unpaired) electrons. The molecule has 0 fully saturated rings. The number of nitro groups is 1. The van der Waals surface area contributed by atoms with Crippen molar-refractivity contribution in [2.45, 2.75) is 5.09 Å². The minimum absolute atomic E-state index is 0. The van der Waals surface area contributed by atoms with Crippen LogP contribution in [0.1, 0.15) is 16.1 Å². The molecule has 24 heavy (non-hydrogen) atoms. The number of hydrogen-bond donors (Lipinski definition) is 1. The van der Waals surface area contributed by atoms with E-state index in [1.807, 2.05) is 0 Å². The van der Waals surface area contributed by atoms with E-state index in [0.29, 0.717) is 0 Å². The van der Waals surface area contributed by atoms with Crippen molar-refractivity contribution in [1.82, 2.24) is 5.43 Å². The second-order valence-electron chi connectivity index (χ2n) is 4.11. The van der Waals surface area contributed by atoms with Crippen LogP contribution in [0, 0.1) is 10.1 Å². The first-order valence-corrected chi connectivity index (χ1v) is 7.32. The van der Waals surface area contributed by atoms with Crippen molar-refractivity contribution >= 4 is 27.9 Å². The number of hydrazone groups is 1. The second kappa shape index (κ2) is 8.17. The number of rotatable bonds is 5. The summed E-state index contributed by atoms with van der Waals surface area (Å²) in [6, 6.07) is 6.97. The Balaban J connectivity index is 0.00000288. The smallest absolute Gasteiger partial charge is 0.742 e. The molecule has 0 atom stereocenters. The number of nitrogens with one attached hydrogen (secondary N) is 1. The molecule has 0 aliphatic rings. The Morgan fingerprint density at radius 2 is 1.83 bits per heavy atom. The maximum absolute atomic E-state index is 11.7. The van der Waals surface area contributed by atoms with Crippen LogP contribution in [0.2, 0.25) is 0 Å². The zero-order valence-electron chi connectivity index (χ0n) is 12.2. The molecule has 1 N–H and O–H groups in total. The molecule has 10 nitrogen and oxygen atoms in total. The number of nitrogens with zero attached hydrogens (tertiary/aromatic N) is 2. The van der Waals surface area contributed by atoms with E-state index in [9.17, 15) is 27.9 Å². The Morgan fingerprint density at radius 3 is 2.33 bits per heavy atom. The van der Waals surface area contributed by atoms with Gasteiger partial charge < -0.3 is 8.97 Å². The van der Waals surface area contributed by atoms with Gasteiger partial charge in [-0.3, -0.25) is 14.9 Å². The number of carbonyl (C=O) groups is 1. The Morgan fingerprint density at radius 1 is 1.21 bits per heavy atom. The van der Waals surface area contributed by atoms with Gasteiger partial charge >= 0.3 is 29.6 Å². The predicted molar refractivity (Wildman–Crippen MR) is 74.8 cm³/mol. The third-order valence-electron chi connectivity index (χ3n) is 2.55.